The van der Waals surface area contributed by atoms with Crippen LogP contribution in [0.2, 0.25) is 0 Å². The Morgan fingerprint density at radius 1 is 1.09 bits per heavy atom. The number of amides is 1. The van der Waals surface area contributed by atoms with E-state index in [0.717, 1.165) is 25.2 Å². The van der Waals surface area contributed by atoms with E-state index in [2.05, 4.69) is 18.7 Å². The van der Waals surface area contributed by atoms with Gasteiger partial charge >= 0.3 is 0 Å². The molecular formula is C26H29FN2O3. The molecule has 0 aromatic heterocycles. The van der Waals surface area contributed by atoms with Gasteiger partial charge in [-0.05, 0) is 43.8 Å². The van der Waals surface area contributed by atoms with E-state index in [-0.39, 0.29) is 11.1 Å². The van der Waals surface area contributed by atoms with E-state index in [4.69, 9.17) is 0 Å². The van der Waals surface area contributed by atoms with Gasteiger partial charge in [0.25, 0.3) is 5.91 Å². The summed E-state index contributed by atoms with van der Waals surface area (Å²) < 4.78 is 14.7. The number of halogens is 1. The lowest BCUT2D eigenvalue weighted by molar-refractivity contribution is -0.129. The van der Waals surface area contributed by atoms with Crippen molar-refractivity contribution in [1.29, 1.82) is 0 Å². The fourth-order valence-corrected chi connectivity index (χ4v) is 3.99. The Balaban J connectivity index is 1.91. The molecule has 0 saturated carbocycles. The number of allylic oxidation sites excluding steroid dienone is 1. The smallest absolute Gasteiger partial charge is 0.290 e. The van der Waals surface area contributed by atoms with E-state index in [1.54, 1.807) is 24.3 Å². The Hall–Kier alpha value is -3.25. The van der Waals surface area contributed by atoms with Crippen molar-refractivity contribution in [2.24, 2.45) is 0 Å². The molecule has 2 aromatic rings. The van der Waals surface area contributed by atoms with Crippen LogP contribution in [0.1, 0.15) is 37.4 Å². The third-order valence-corrected chi connectivity index (χ3v) is 5.76. The van der Waals surface area contributed by atoms with Crippen molar-refractivity contribution in [1.82, 2.24) is 9.80 Å². The third-order valence-electron chi connectivity index (χ3n) is 5.76. The van der Waals surface area contributed by atoms with Crippen molar-refractivity contribution in [3.05, 3.63) is 88.9 Å². The Labute approximate surface area is 188 Å². The van der Waals surface area contributed by atoms with Crippen molar-refractivity contribution in [3.8, 4) is 0 Å². The summed E-state index contributed by atoms with van der Waals surface area (Å²) in [5.41, 5.74) is 0.920. The lowest BCUT2D eigenvalue weighted by Crippen LogP contribution is -2.34. The van der Waals surface area contributed by atoms with Crippen molar-refractivity contribution in [3.63, 3.8) is 0 Å². The molecule has 0 spiro atoms. The van der Waals surface area contributed by atoms with E-state index >= 15 is 0 Å². The highest BCUT2D eigenvalue weighted by Gasteiger charge is 2.43. The van der Waals surface area contributed by atoms with Crippen molar-refractivity contribution in [2.45, 2.75) is 26.3 Å². The average Bonchev–Trinajstić information content (AvgIpc) is 3.06. The van der Waals surface area contributed by atoms with E-state index < -0.39 is 29.3 Å². The third kappa shape index (κ3) is 5.14. The van der Waals surface area contributed by atoms with Crippen molar-refractivity contribution in [2.75, 3.05) is 26.2 Å². The van der Waals surface area contributed by atoms with Crippen LogP contribution < -0.4 is 0 Å². The Morgan fingerprint density at radius 2 is 1.75 bits per heavy atom. The molecule has 1 amide bonds. The second-order valence-electron chi connectivity index (χ2n) is 7.67. The van der Waals surface area contributed by atoms with E-state index in [0.29, 0.717) is 13.0 Å². The Bertz CT molecular complexity index is 1010. The molecule has 168 valence electrons. The fraction of sp³-hybridized carbons (Fsp3) is 0.308. The number of aliphatic hydroxyl groups excluding tert-OH is 1. The normalized spacial score (nSPS) is 16.6. The standard InChI is InChI=1S/C26H29FN2O3/c1-3-28(4-2)17-10-18-29-24(20-13-8-9-14-21(20)27)23(25(31)26(29)32)22(30)16-15-19-11-6-5-7-12-19/h5-9,11-16,24,31H,3-4,10,17-18H2,1-2H3/b16-15+. The first-order chi connectivity index (χ1) is 15.5. The second kappa shape index (κ2) is 10.9. The molecule has 32 heavy (non-hydrogen) atoms. The number of carbonyl (C=O) groups is 2. The van der Waals surface area contributed by atoms with Crippen LogP contribution in [0.4, 0.5) is 4.39 Å². The van der Waals surface area contributed by atoms with Crippen LogP contribution in [0.15, 0.2) is 72.0 Å². The van der Waals surface area contributed by atoms with Crippen LogP contribution in [0, 0.1) is 5.82 Å². The molecule has 0 fully saturated rings. The lowest BCUT2D eigenvalue weighted by atomic mass is 9.95. The van der Waals surface area contributed by atoms with Crippen LogP contribution in [-0.2, 0) is 9.59 Å². The van der Waals surface area contributed by atoms with Gasteiger partial charge in [0.05, 0.1) is 11.6 Å². The van der Waals surface area contributed by atoms with Crippen molar-refractivity contribution < 1.29 is 19.1 Å². The maximum Gasteiger partial charge on any atom is 0.290 e. The Morgan fingerprint density at radius 3 is 2.41 bits per heavy atom. The predicted molar refractivity (Wildman–Crippen MR) is 123 cm³/mol. The minimum Gasteiger partial charge on any atom is -0.503 e. The number of hydrogen-bond donors (Lipinski definition) is 1. The summed E-state index contributed by atoms with van der Waals surface area (Å²) in [4.78, 5) is 29.6. The molecule has 1 unspecified atom stereocenters. The van der Waals surface area contributed by atoms with E-state index in [9.17, 15) is 19.1 Å². The molecule has 1 N–H and O–H groups in total. The molecule has 2 aromatic carbocycles. The highest BCUT2D eigenvalue weighted by Crippen LogP contribution is 2.39. The largest absolute Gasteiger partial charge is 0.503 e. The molecule has 1 heterocycles. The van der Waals surface area contributed by atoms with Gasteiger partial charge in [-0.1, -0.05) is 68.5 Å². The topological polar surface area (TPSA) is 60.9 Å². The summed E-state index contributed by atoms with van der Waals surface area (Å²) in [6.07, 6.45) is 3.59. The molecule has 1 atom stereocenters. The van der Waals surface area contributed by atoms with E-state index in [1.165, 1.54) is 17.0 Å². The first-order valence-corrected chi connectivity index (χ1v) is 11.0. The van der Waals surface area contributed by atoms with Gasteiger partial charge in [-0.15, -0.1) is 0 Å². The first-order valence-electron chi connectivity index (χ1n) is 11.0. The number of nitrogens with zero attached hydrogens (tertiary/aromatic N) is 2. The summed E-state index contributed by atoms with van der Waals surface area (Å²) in [5, 5.41) is 10.6. The predicted octanol–water partition coefficient (Wildman–Crippen LogP) is 4.54. The zero-order chi connectivity index (χ0) is 23.1. The highest BCUT2D eigenvalue weighted by molar-refractivity contribution is 6.14. The summed E-state index contributed by atoms with van der Waals surface area (Å²) in [5.74, 6) is -2.29. The van der Waals surface area contributed by atoms with Crippen molar-refractivity contribution >= 4 is 17.8 Å². The molecule has 6 heteroatoms. The highest BCUT2D eigenvalue weighted by atomic mass is 19.1. The zero-order valence-electron chi connectivity index (χ0n) is 18.5. The minimum atomic E-state index is -0.965. The van der Waals surface area contributed by atoms with Crippen LogP contribution in [0.5, 0.6) is 0 Å². The Kier molecular flexibility index (Phi) is 7.95. The van der Waals surface area contributed by atoms with Gasteiger partial charge in [0.2, 0.25) is 0 Å². The molecular weight excluding hydrogens is 407 g/mol. The molecule has 0 saturated heterocycles. The van der Waals surface area contributed by atoms with Gasteiger partial charge in [-0.25, -0.2) is 4.39 Å². The SMILES string of the molecule is CCN(CC)CCCN1C(=O)C(O)=C(C(=O)/C=C/c2ccccc2)C1c1ccccc1F. The van der Waals surface area contributed by atoms with Gasteiger partial charge in [0, 0.05) is 12.1 Å². The van der Waals surface area contributed by atoms with Gasteiger partial charge in [-0.3, -0.25) is 9.59 Å². The molecule has 0 radical (unpaired) electrons. The number of aliphatic hydroxyl groups is 1. The minimum absolute atomic E-state index is 0.0879. The summed E-state index contributed by atoms with van der Waals surface area (Å²) in [7, 11) is 0. The number of carbonyl (C=O) groups excluding carboxylic acids is 2. The monoisotopic (exact) mass is 436 g/mol. The molecule has 3 rings (SSSR count). The second-order valence-corrected chi connectivity index (χ2v) is 7.67. The molecule has 1 aliphatic rings. The lowest BCUT2D eigenvalue weighted by Gasteiger charge is -2.28. The van der Waals surface area contributed by atoms with Crippen LogP contribution in [0.25, 0.3) is 6.08 Å². The van der Waals surface area contributed by atoms with Crippen LogP contribution in [-0.4, -0.2) is 52.8 Å². The summed E-state index contributed by atoms with van der Waals surface area (Å²) in [6, 6.07) is 14.3. The maximum absolute atomic E-state index is 14.7. The average molecular weight is 437 g/mol. The zero-order valence-corrected chi connectivity index (χ0v) is 18.5. The van der Waals surface area contributed by atoms with Gasteiger partial charge in [-0.2, -0.15) is 0 Å². The number of benzene rings is 2. The van der Waals surface area contributed by atoms with Gasteiger partial charge in [0.1, 0.15) is 5.82 Å². The van der Waals surface area contributed by atoms with Crippen LogP contribution >= 0.6 is 0 Å². The van der Waals surface area contributed by atoms with E-state index in [1.807, 2.05) is 30.3 Å². The first kappa shape index (κ1) is 23.4. The number of hydrogen-bond acceptors (Lipinski definition) is 4. The number of rotatable bonds is 10. The molecule has 5 nitrogen and oxygen atoms in total. The summed E-state index contributed by atoms with van der Waals surface area (Å²) >= 11 is 0. The number of ketones is 1. The summed E-state index contributed by atoms with van der Waals surface area (Å²) in [6.45, 7) is 6.97. The van der Waals surface area contributed by atoms with Gasteiger partial charge < -0.3 is 14.9 Å². The fourth-order valence-electron chi connectivity index (χ4n) is 3.99. The molecule has 0 aliphatic carbocycles. The molecule has 1 aliphatic heterocycles. The van der Waals surface area contributed by atoms with Gasteiger partial charge in [0.15, 0.2) is 11.5 Å². The maximum atomic E-state index is 14.7. The quantitative estimate of drug-likeness (QED) is 0.556. The van der Waals surface area contributed by atoms with Crippen LogP contribution in [0.3, 0.4) is 0 Å². The molecule has 0 bridgehead atoms.